The van der Waals surface area contributed by atoms with Gasteiger partial charge in [-0.2, -0.15) is 0 Å². The van der Waals surface area contributed by atoms with Gasteiger partial charge in [0.25, 0.3) is 0 Å². The number of rotatable bonds is 8. The zero-order chi connectivity index (χ0) is 16.3. The van der Waals surface area contributed by atoms with E-state index in [0.29, 0.717) is 0 Å². The highest BCUT2D eigenvalue weighted by atomic mass is 16.5. The maximum absolute atomic E-state index is 5.29. The van der Waals surface area contributed by atoms with Crippen LogP contribution in [0.3, 0.4) is 0 Å². The van der Waals surface area contributed by atoms with Gasteiger partial charge in [-0.25, -0.2) is 0 Å². The molecule has 0 N–H and O–H groups in total. The molecule has 0 unspecified atom stereocenters. The number of aliphatic imine (C=N–C) groups is 2. The van der Waals surface area contributed by atoms with Gasteiger partial charge in [0.1, 0.15) is 11.5 Å². The normalized spacial score (nSPS) is 11.2. The molecule has 2 rings (SSSR count). The molecule has 0 aliphatic carbocycles. The van der Waals surface area contributed by atoms with Crippen LogP contribution in [-0.2, 0) is 0 Å². The Kier molecular flexibility index (Phi) is 6.85. The Morgan fingerprint density at radius 1 is 0.739 bits per heavy atom. The third-order valence-electron chi connectivity index (χ3n) is 3.31. The summed E-state index contributed by atoms with van der Waals surface area (Å²) in [4.78, 5) is 8.85. The maximum atomic E-state index is 5.29. The Labute approximate surface area is 137 Å². The molecular formula is C19H22N2O2. The SMILES string of the molecule is COc1ccccc1/C=N/CCC/N=C/c1ccccc1OC. The van der Waals surface area contributed by atoms with Crippen molar-refractivity contribution < 1.29 is 9.47 Å². The highest BCUT2D eigenvalue weighted by Gasteiger charge is 1.97. The lowest BCUT2D eigenvalue weighted by Crippen LogP contribution is -1.93. The molecule has 0 aliphatic heterocycles. The molecule has 0 atom stereocenters. The van der Waals surface area contributed by atoms with Crippen LogP contribution in [0.1, 0.15) is 17.5 Å². The number of hydrogen-bond donors (Lipinski definition) is 0. The maximum Gasteiger partial charge on any atom is 0.127 e. The van der Waals surface area contributed by atoms with E-state index in [2.05, 4.69) is 9.98 Å². The fourth-order valence-corrected chi connectivity index (χ4v) is 2.13. The number of para-hydroxylation sites is 2. The summed E-state index contributed by atoms with van der Waals surface area (Å²) in [5.41, 5.74) is 1.99. The standard InChI is InChI=1S/C19H22N2O2/c1-22-18-10-5-3-8-16(18)14-20-12-7-13-21-15-17-9-4-6-11-19(17)23-2/h3-6,8-11,14-15H,7,12-13H2,1-2H3/b20-14+,21-15+. The van der Waals surface area contributed by atoms with Gasteiger partial charge in [-0.15, -0.1) is 0 Å². The summed E-state index contributed by atoms with van der Waals surface area (Å²) < 4.78 is 10.6. The minimum atomic E-state index is 0.737. The molecule has 4 nitrogen and oxygen atoms in total. The number of hydrogen-bond acceptors (Lipinski definition) is 4. The van der Waals surface area contributed by atoms with Crippen LogP contribution in [0.25, 0.3) is 0 Å². The molecule has 2 aromatic carbocycles. The lowest BCUT2D eigenvalue weighted by molar-refractivity contribution is 0.414. The average molecular weight is 310 g/mol. The van der Waals surface area contributed by atoms with Gasteiger partial charge in [0.15, 0.2) is 0 Å². The van der Waals surface area contributed by atoms with Crippen molar-refractivity contribution in [3.63, 3.8) is 0 Å². The number of nitrogens with zero attached hydrogens (tertiary/aromatic N) is 2. The van der Waals surface area contributed by atoms with Gasteiger partial charge in [0.05, 0.1) is 14.2 Å². The van der Waals surface area contributed by atoms with Crippen LogP contribution in [-0.4, -0.2) is 39.7 Å². The van der Waals surface area contributed by atoms with Crippen molar-refractivity contribution in [2.45, 2.75) is 6.42 Å². The first-order chi connectivity index (χ1) is 11.3. The second-order valence-corrected chi connectivity index (χ2v) is 4.91. The fraction of sp³-hybridized carbons (Fsp3) is 0.263. The molecule has 0 saturated heterocycles. The van der Waals surface area contributed by atoms with Gasteiger partial charge >= 0.3 is 0 Å². The predicted octanol–water partition coefficient (Wildman–Crippen LogP) is 3.63. The van der Waals surface area contributed by atoms with Crippen LogP contribution in [0.2, 0.25) is 0 Å². The minimum absolute atomic E-state index is 0.737. The first-order valence-electron chi connectivity index (χ1n) is 7.61. The van der Waals surface area contributed by atoms with Gasteiger partial charge in [-0.05, 0) is 30.7 Å². The lowest BCUT2D eigenvalue weighted by Gasteiger charge is -2.03. The van der Waals surface area contributed by atoms with Gasteiger partial charge in [0, 0.05) is 36.6 Å². The van der Waals surface area contributed by atoms with Crippen molar-refractivity contribution in [3.05, 3.63) is 59.7 Å². The Morgan fingerprint density at radius 2 is 1.17 bits per heavy atom. The zero-order valence-electron chi connectivity index (χ0n) is 13.6. The Balaban J connectivity index is 1.77. The van der Waals surface area contributed by atoms with Crippen LogP contribution in [0.5, 0.6) is 11.5 Å². The van der Waals surface area contributed by atoms with Crippen molar-refractivity contribution in [1.29, 1.82) is 0 Å². The molecule has 0 saturated carbocycles. The zero-order valence-corrected chi connectivity index (χ0v) is 13.6. The van der Waals surface area contributed by atoms with Crippen LogP contribution in [0.4, 0.5) is 0 Å². The number of benzene rings is 2. The van der Waals surface area contributed by atoms with E-state index in [9.17, 15) is 0 Å². The van der Waals surface area contributed by atoms with E-state index in [1.54, 1.807) is 14.2 Å². The summed E-state index contributed by atoms with van der Waals surface area (Å²) in [7, 11) is 3.33. The number of ether oxygens (including phenoxy) is 2. The molecule has 0 amide bonds. The van der Waals surface area contributed by atoms with Gasteiger partial charge in [0.2, 0.25) is 0 Å². The molecule has 2 aromatic rings. The van der Waals surface area contributed by atoms with Crippen molar-refractivity contribution in [2.24, 2.45) is 9.98 Å². The highest BCUT2D eigenvalue weighted by molar-refractivity contribution is 5.84. The Bertz CT molecular complexity index is 608. The van der Waals surface area contributed by atoms with Crippen molar-refractivity contribution in [2.75, 3.05) is 27.3 Å². The molecule has 0 spiro atoms. The quantitative estimate of drug-likeness (QED) is 0.552. The largest absolute Gasteiger partial charge is 0.496 e. The molecule has 0 bridgehead atoms. The predicted molar refractivity (Wildman–Crippen MR) is 95.5 cm³/mol. The van der Waals surface area contributed by atoms with Crippen LogP contribution in [0, 0.1) is 0 Å². The van der Waals surface area contributed by atoms with E-state index < -0.39 is 0 Å². The van der Waals surface area contributed by atoms with E-state index in [1.165, 1.54) is 0 Å². The lowest BCUT2D eigenvalue weighted by atomic mass is 10.2. The third-order valence-corrected chi connectivity index (χ3v) is 3.31. The highest BCUT2D eigenvalue weighted by Crippen LogP contribution is 2.15. The minimum Gasteiger partial charge on any atom is -0.496 e. The van der Waals surface area contributed by atoms with E-state index >= 15 is 0 Å². The van der Waals surface area contributed by atoms with Crippen LogP contribution >= 0.6 is 0 Å². The van der Waals surface area contributed by atoms with E-state index in [-0.39, 0.29) is 0 Å². The molecule has 23 heavy (non-hydrogen) atoms. The monoisotopic (exact) mass is 310 g/mol. The molecule has 0 aromatic heterocycles. The second kappa shape index (κ2) is 9.41. The molecule has 0 aliphatic rings. The smallest absolute Gasteiger partial charge is 0.127 e. The van der Waals surface area contributed by atoms with Crippen LogP contribution in [0.15, 0.2) is 58.5 Å². The molecular weight excluding hydrogens is 288 g/mol. The summed E-state index contributed by atoms with van der Waals surface area (Å²) in [5.74, 6) is 1.68. The first kappa shape index (κ1) is 16.7. The topological polar surface area (TPSA) is 43.2 Å². The van der Waals surface area contributed by atoms with E-state index in [0.717, 1.165) is 42.1 Å². The fourth-order valence-electron chi connectivity index (χ4n) is 2.13. The molecule has 0 heterocycles. The summed E-state index contributed by atoms with van der Waals surface area (Å²) >= 11 is 0. The number of methoxy groups -OCH3 is 2. The van der Waals surface area contributed by atoms with Gasteiger partial charge in [-0.3, -0.25) is 9.98 Å². The molecule has 0 radical (unpaired) electrons. The summed E-state index contributed by atoms with van der Waals surface area (Å²) in [6.45, 7) is 1.47. The average Bonchev–Trinajstić information content (AvgIpc) is 2.61. The van der Waals surface area contributed by atoms with Crippen molar-refractivity contribution in [1.82, 2.24) is 0 Å². The molecule has 4 heteroatoms. The Hall–Kier alpha value is -2.62. The summed E-state index contributed by atoms with van der Waals surface area (Å²) in [6, 6.07) is 15.7. The molecule has 0 fully saturated rings. The first-order valence-corrected chi connectivity index (χ1v) is 7.61. The van der Waals surface area contributed by atoms with Gasteiger partial charge in [-0.1, -0.05) is 24.3 Å². The van der Waals surface area contributed by atoms with E-state index in [4.69, 9.17) is 9.47 Å². The van der Waals surface area contributed by atoms with Crippen LogP contribution < -0.4 is 9.47 Å². The summed E-state index contributed by atoms with van der Waals surface area (Å²) in [5, 5.41) is 0. The summed E-state index contributed by atoms with van der Waals surface area (Å²) in [6.07, 6.45) is 4.60. The molecule has 120 valence electrons. The van der Waals surface area contributed by atoms with Crippen molar-refractivity contribution in [3.8, 4) is 11.5 Å². The Morgan fingerprint density at radius 3 is 1.61 bits per heavy atom. The van der Waals surface area contributed by atoms with E-state index in [1.807, 2.05) is 61.0 Å². The van der Waals surface area contributed by atoms with Gasteiger partial charge < -0.3 is 9.47 Å². The third kappa shape index (κ3) is 5.25. The van der Waals surface area contributed by atoms with Crippen molar-refractivity contribution >= 4 is 12.4 Å². The second-order valence-electron chi connectivity index (χ2n) is 4.91.